The predicted molar refractivity (Wildman–Crippen MR) is 73.9 cm³/mol. The first-order chi connectivity index (χ1) is 10.4. The lowest BCUT2D eigenvalue weighted by molar-refractivity contribution is -0.00876. The maximum absolute atomic E-state index is 14.0. The molecule has 0 fully saturated rings. The van der Waals surface area contributed by atoms with Gasteiger partial charge in [-0.05, 0) is 24.3 Å². The quantitative estimate of drug-likeness (QED) is 0.758. The Bertz CT molecular complexity index is 864. The monoisotopic (exact) mass is 308 g/mol. The van der Waals surface area contributed by atoms with Crippen molar-refractivity contribution in [3.05, 3.63) is 74.8 Å². The Kier molecular flexibility index (Phi) is 3.27. The van der Waals surface area contributed by atoms with Crippen LogP contribution in [0.4, 0.5) is 13.2 Å². The normalized spacial score (nSPS) is 16.1. The Morgan fingerprint density at radius 1 is 1.05 bits per heavy atom. The van der Waals surface area contributed by atoms with Gasteiger partial charge in [-0.2, -0.15) is 8.78 Å². The average molecular weight is 308 g/mol. The van der Waals surface area contributed by atoms with Crippen LogP contribution >= 0.6 is 0 Å². The molecule has 4 nitrogen and oxygen atoms in total. The smallest absolute Gasteiger partial charge is 0.287 e. The third kappa shape index (κ3) is 2.28. The van der Waals surface area contributed by atoms with Gasteiger partial charge >= 0.3 is 5.69 Å². The Hall–Kier alpha value is -2.57. The molecule has 0 spiro atoms. The first-order valence-electron chi connectivity index (χ1n) is 6.56. The molecular formula is C15H11F3N2O2. The second-order valence-electron chi connectivity index (χ2n) is 4.95. The SMILES string of the molecule is O=c1cc2n(c(=O)n1-c1ccc(F)cc1)CC=CCC2(F)F. The summed E-state index contributed by atoms with van der Waals surface area (Å²) in [6.07, 6.45) is 2.16. The van der Waals surface area contributed by atoms with Crippen LogP contribution < -0.4 is 11.2 Å². The Balaban J connectivity index is 2.30. The molecule has 0 unspecified atom stereocenters. The maximum Gasteiger partial charge on any atom is 0.336 e. The van der Waals surface area contributed by atoms with E-state index < -0.39 is 35.1 Å². The van der Waals surface area contributed by atoms with E-state index in [0.717, 1.165) is 27.3 Å². The summed E-state index contributed by atoms with van der Waals surface area (Å²) in [6.45, 7) is -0.0504. The molecule has 2 heterocycles. The summed E-state index contributed by atoms with van der Waals surface area (Å²) in [5.74, 6) is -3.81. The highest BCUT2D eigenvalue weighted by atomic mass is 19.3. The van der Waals surface area contributed by atoms with E-state index in [0.29, 0.717) is 0 Å². The molecule has 3 rings (SSSR count). The van der Waals surface area contributed by atoms with Crippen LogP contribution in [0.1, 0.15) is 12.1 Å². The molecule has 0 amide bonds. The highest BCUT2D eigenvalue weighted by Crippen LogP contribution is 2.32. The van der Waals surface area contributed by atoms with E-state index in [1.165, 1.54) is 24.3 Å². The van der Waals surface area contributed by atoms with Gasteiger partial charge in [0.2, 0.25) is 0 Å². The van der Waals surface area contributed by atoms with Crippen LogP contribution in [0.25, 0.3) is 5.69 Å². The summed E-state index contributed by atoms with van der Waals surface area (Å²) in [7, 11) is 0. The van der Waals surface area contributed by atoms with Crippen LogP contribution in [0.15, 0.2) is 52.1 Å². The average Bonchev–Trinajstić information content (AvgIpc) is 2.60. The number of rotatable bonds is 1. The summed E-state index contributed by atoms with van der Waals surface area (Å²) in [4.78, 5) is 24.5. The molecule has 22 heavy (non-hydrogen) atoms. The molecule has 0 aliphatic carbocycles. The molecule has 0 saturated heterocycles. The fourth-order valence-corrected chi connectivity index (χ4v) is 2.40. The van der Waals surface area contributed by atoms with Crippen LogP contribution in [0, 0.1) is 5.82 Å². The standard InChI is InChI=1S/C15H11F3N2O2/c16-10-3-5-11(6-4-10)20-13(21)9-12-15(17,18)7-1-2-8-19(12)14(20)22/h1-6,9H,7-8H2. The fraction of sp³-hybridized carbons (Fsp3) is 0.200. The van der Waals surface area contributed by atoms with Crippen LogP contribution in [-0.2, 0) is 12.5 Å². The third-order valence-corrected chi connectivity index (χ3v) is 3.48. The van der Waals surface area contributed by atoms with Crippen molar-refractivity contribution >= 4 is 0 Å². The predicted octanol–water partition coefficient (Wildman–Crippen LogP) is 2.19. The first-order valence-corrected chi connectivity index (χ1v) is 6.56. The fourth-order valence-electron chi connectivity index (χ4n) is 2.40. The van der Waals surface area contributed by atoms with E-state index >= 15 is 0 Å². The summed E-state index contributed by atoms with van der Waals surface area (Å²) < 4.78 is 42.5. The molecule has 0 radical (unpaired) electrons. The van der Waals surface area contributed by atoms with Gasteiger partial charge in [0, 0.05) is 19.0 Å². The summed E-state index contributed by atoms with van der Waals surface area (Å²) in [5, 5.41) is 0. The number of alkyl halides is 2. The topological polar surface area (TPSA) is 44.0 Å². The lowest BCUT2D eigenvalue weighted by atomic mass is 10.1. The molecule has 114 valence electrons. The van der Waals surface area contributed by atoms with Crippen molar-refractivity contribution in [3.63, 3.8) is 0 Å². The lowest BCUT2D eigenvalue weighted by Crippen LogP contribution is -2.41. The summed E-state index contributed by atoms with van der Waals surface area (Å²) >= 11 is 0. The zero-order chi connectivity index (χ0) is 15.9. The van der Waals surface area contributed by atoms with Crippen LogP contribution in [0.3, 0.4) is 0 Å². The molecular weight excluding hydrogens is 297 g/mol. The van der Waals surface area contributed by atoms with E-state index in [1.807, 2.05) is 0 Å². The van der Waals surface area contributed by atoms with Crippen molar-refractivity contribution in [1.82, 2.24) is 9.13 Å². The van der Waals surface area contributed by atoms with Gasteiger partial charge in [0.05, 0.1) is 11.4 Å². The van der Waals surface area contributed by atoms with E-state index in [4.69, 9.17) is 0 Å². The van der Waals surface area contributed by atoms with E-state index in [9.17, 15) is 22.8 Å². The summed E-state index contributed by atoms with van der Waals surface area (Å²) in [5.41, 5.74) is -2.22. The molecule has 0 N–H and O–H groups in total. The van der Waals surface area contributed by atoms with Gasteiger partial charge in [-0.15, -0.1) is 0 Å². The van der Waals surface area contributed by atoms with Crippen LogP contribution in [-0.4, -0.2) is 9.13 Å². The lowest BCUT2D eigenvalue weighted by Gasteiger charge is -2.18. The largest absolute Gasteiger partial charge is 0.336 e. The molecule has 1 aromatic carbocycles. The number of aromatic nitrogens is 2. The number of halogens is 3. The number of fused-ring (bicyclic) bond motifs is 1. The van der Waals surface area contributed by atoms with Gasteiger partial charge in [0.25, 0.3) is 11.5 Å². The molecule has 1 aliphatic heterocycles. The zero-order valence-electron chi connectivity index (χ0n) is 11.3. The molecule has 2 aromatic rings. The van der Waals surface area contributed by atoms with Gasteiger partial charge in [0.15, 0.2) is 0 Å². The number of benzene rings is 1. The van der Waals surface area contributed by atoms with Gasteiger partial charge in [-0.3, -0.25) is 9.36 Å². The first kappa shape index (κ1) is 14.4. The van der Waals surface area contributed by atoms with Crippen molar-refractivity contribution in [2.45, 2.75) is 18.9 Å². The van der Waals surface area contributed by atoms with E-state index in [1.54, 1.807) is 0 Å². The Morgan fingerprint density at radius 2 is 1.73 bits per heavy atom. The van der Waals surface area contributed by atoms with Crippen LogP contribution in [0.5, 0.6) is 0 Å². The molecule has 0 bridgehead atoms. The van der Waals surface area contributed by atoms with Crippen molar-refractivity contribution in [2.24, 2.45) is 0 Å². The van der Waals surface area contributed by atoms with Crippen LogP contribution in [0.2, 0.25) is 0 Å². The van der Waals surface area contributed by atoms with Crippen molar-refractivity contribution in [1.29, 1.82) is 0 Å². The van der Waals surface area contributed by atoms with Gasteiger partial charge < -0.3 is 0 Å². The van der Waals surface area contributed by atoms with E-state index in [-0.39, 0.29) is 12.2 Å². The molecule has 0 atom stereocenters. The minimum absolute atomic E-state index is 0.0504. The zero-order valence-corrected chi connectivity index (χ0v) is 11.3. The second-order valence-corrected chi connectivity index (χ2v) is 4.95. The number of nitrogens with zero attached hydrogens (tertiary/aromatic N) is 2. The number of hydrogen-bond acceptors (Lipinski definition) is 2. The maximum atomic E-state index is 14.0. The third-order valence-electron chi connectivity index (χ3n) is 3.48. The molecule has 1 aromatic heterocycles. The van der Waals surface area contributed by atoms with Crippen molar-refractivity contribution in [3.8, 4) is 5.69 Å². The highest BCUT2D eigenvalue weighted by molar-refractivity contribution is 5.32. The van der Waals surface area contributed by atoms with Gasteiger partial charge in [-0.25, -0.2) is 13.8 Å². The minimum atomic E-state index is -3.28. The van der Waals surface area contributed by atoms with Crippen molar-refractivity contribution < 1.29 is 13.2 Å². The van der Waals surface area contributed by atoms with E-state index in [2.05, 4.69) is 0 Å². The molecule has 1 aliphatic rings. The number of allylic oxidation sites excluding steroid dienone is 2. The second kappa shape index (κ2) is 5.01. The minimum Gasteiger partial charge on any atom is -0.287 e. The number of hydrogen-bond donors (Lipinski definition) is 0. The van der Waals surface area contributed by atoms with Gasteiger partial charge in [0.1, 0.15) is 5.82 Å². The molecule has 0 saturated carbocycles. The highest BCUT2D eigenvalue weighted by Gasteiger charge is 2.36. The Labute approximate surface area is 122 Å². The Morgan fingerprint density at radius 3 is 2.41 bits per heavy atom. The molecule has 7 heteroatoms. The summed E-state index contributed by atoms with van der Waals surface area (Å²) in [6, 6.07) is 5.43. The van der Waals surface area contributed by atoms with Gasteiger partial charge in [-0.1, -0.05) is 12.2 Å². The van der Waals surface area contributed by atoms with Crippen molar-refractivity contribution in [2.75, 3.05) is 0 Å².